The minimum Gasteiger partial charge on any atom is -0.491 e. The van der Waals surface area contributed by atoms with Gasteiger partial charge >= 0.3 is 0 Å². The summed E-state index contributed by atoms with van der Waals surface area (Å²) >= 11 is 0. The van der Waals surface area contributed by atoms with Gasteiger partial charge in [0, 0.05) is 13.1 Å². The molecule has 0 aliphatic rings. The van der Waals surface area contributed by atoms with Gasteiger partial charge in [0.05, 0.1) is 0 Å². The summed E-state index contributed by atoms with van der Waals surface area (Å²) in [5.74, 6) is 1.31. The van der Waals surface area contributed by atoms with E-state index in [0.29, 0.717) is 19.1 Å². The molecule has 0 spiro atoms. The van der Waals surface area contributed by atoms with Crippen molar-refractivity contribution in [2.75, 3.05) is 13.2 Å². The molecule has 0 aromatic heterocycles. The molecule has 0 saturated carbocycles. The third kappa shape index (κ3) is 5.51. The number of ether oxygens (including phenoxy) is 1. The first-order valence-electron chi connectivity index (χ1n) is 7.80. The largest absolute Gasteiger partial charge is 0.491 e. The Balaban J connectivity index is 1.68. The Morgan fingerprint density at radius 1 is 1.00 bits per heavy atom. The van der Waals surface area contributed by atoms with Gasteiger partial charge in [-0.3, -0.25) is 0 Å². The Morgan fingerprint density at radius 3 is 2.32 bits per heavy atom. The molecule has 0 aliphatic carbocycles. The van der Waals surface area contributed by atoms with Crippen LogP contribution in [0.5, 0.6) is 5.75 Å². The monoisotopic (exact) mass is 299 g/mol. The molecular formula is C19H25NO2. The molecule has 0 heterocycles. The second-order valence-corrected chi connectivity index (χ2v) is 5.81. The highest BCUT2D eigenvalue weighted by Gasteiger charge is 2.05. The normalized spacial score (nSPS) is 12.4. The van der Waals surface area contributed by atoms with E-state index in [2.05, 4.69) is 43.4 Å². The van der Waals surface area contributed by atoms with Crippen LogP contribution in [0.3, 0.4) is 0 Å². The van der Waals surface area contributed by atoms with Crippen molar-refractivity contribution in [2.45, 2.75) is 32.4 Å². The smallest absolute Gasteiger partial charge is 0.119 e. The average Bonchev–Trinajstić information content (AvgIpc) is 2.54. The molecule has 118 valence electrons. The molecule has 3 heteroatoms. The van der Waals surface area contributed by atoms with Crippen LogP contribution >= 0.6 is 0 Å². The molecule has 1 atom stereocenters. The van der Waals surface area contributed by atoms with Gasteiger partial charge in [-0.2, -0.15) is 0 Å². The molecule has 1 unspecified atom stereocenters. The molecule has 0 saturated heterocycles. The van der Waals surface area contributed by atoms with Crippen molar-refractivity contribution in [3.63, 3.8) is 0 Å². The van der Waals surface area contributed by atoms with Gasteiger partial charge in [0.2, 0.25) is 0 Å². The van der Waals surface area contributed by atoms with E-state index < -0.39 is 6.10 Å². The van der Waals surface area contributed by atoms with Gasteiger partial charge < -0.3 is 15.2 Å². The van der Waals surface area contributed by atoms with Crippen molar-refractivity contribution >= 4 is 0 Å². The van der Waals surface area contributed by atoms with Crippen LogP contribution in [0, 0.1) is 0 Å². The molecule has 0 bridgehead atoms. The van der Waals surface area contributed by atoms with Crippen LogP contribution in [0.25, 0.3) is 0 Å². The summed E-state index contributed by atoms with van der Waals surface area (Å²) in [6.45, 7) is 5.89. The van der Waals surface area contributed by atoms with E-state index in [-0.39, 0.29) is 0 Å². The molecule has 0 fully saturated rings. The topological polar surface area (TPSA) is 41.5 Å². The molecule has 0 amide bonds. The number of rotatable bonds is 8. The van der Waals surface area contributed by atoms with Crippen LogP contribution in [0.1, 0.15) is 30.9 Å². The Morgan fingerprint density at radius 2 is 1.68 bits per heavy atom. The van der Waals surface area contributed by atoms with Gasteiger partial charge in [0.25, 0.3) is 0 Å². The lowest BCUT2D eigenvalue weighted by Crippen LogP contribution is -2.31. The lowest BCUT2D eigenvalue weighted by Gasteiger charge is -2.14. The first kappa shape index (κ1) is 16.5. The highest BCUT2D eigenvalue weighted by atomic mass is 16.5. The standard InChI is InChI=1S/C19H25NO2/c1-15(2)17-8-10-19(11-9-17)22-14-18(21)13-20-12-16-6-4-3-5-7-16/h3-11,15,18,20-21H,12-14H2,1-2H3. The summed E-state index contributed by atoms with van der Waals surface area (Å²) in [6, 6.07) is 18.2. The molecule has 2 aromatic rings. The molecule has 2 N–H and O–H groups in total. The zero-order valence-corrected chi connectivity index (χ0v) is 13.3. The lowest BCUT2D eigenvalue weighted by molar-refractivity contribution is 0.106. The maximum absolute atomic E-state index is 9.94. The van der Waals surface area contributed by atoms with Crippen LogP contribution in [0.2, 0.25) is 0 Å². The van der Waals surface area contributed by atoms with Crippen molar-refractivity contribution in [3.05, 3.63) is 65.7 Å². The van der Waals surface area contributed by atoms with Crippen molar-refractivity contribution in [2.24, 2.45) is 0 Å². The molecular weight excluding hydrogens is 274 g/mol. The Labute approximate surface area is 133 Å². The first-order chi connectivity index (χ1) is 10.6. The highest BCUT2D eigenvalue weighted by molar-refractivity contribution is 5.28. The maximum atomic E-state index is 9.94. The van der Waals surface area contributed by atoms with Crippen LogP contribution in [0.4, 0.5) is 0 Å². The Hall–Kier alpha value is -1.84. The second kappa shape index (κ2) is 8.57. The van der Waals surface area contributed by atoms with E-state index in [9.17, 15) is 5.11 Å². The third-order valence-electron chi connectivity index (χ3n) is 3.54. The van der Waals surface area contributed by atoms with Crippen LogP contribution < -0.4 is 10.1 Å². The third-order valence-corrected chi connectivity index (χ3v) is 3.54. The fourth-order valence-corrected chi connectivity index (χ4v) is 2.18. The molecule has 0 aliphatic heterocycles. The average molecular weight is 299 g/mol. The van der Waals surface area contributed by atoms with Crippen LogP contribution in [-0.2, 0) is 6.54 Å². The SMILES string of the molecule is CC(C)c1ccc(OCC(O)CNCc2ccccc2)cc1. The van der Waals surface area contributed by atoms with E-state index in [4.69, 9.17) is 4.74 Å². The number of nitrogens with one attached hydrogen (secondary N) is 1. The van der Waals surface area contributed by atoms with Gasteiger partial charge in [-0.15, -0.1) is 0 Å². The quantitative estimate of drug-likeness (QED) is 0.785. The predicted molar refractivity (Wildman–Crippen MR) is 90.2 cm³/mol. The highest BCUT2D eigenvalue weighted by Crippen LogP contribution is 2.18. The predicted octanol–water partition coefficient (Wildman–Crippen LogP) is 3.34. The van der Waals surface area contributed by atoms with Crippen LogP contribution in [0.15, 0.2) is 54.6 Å². The number of benzene rings is 2. The number of hydrogen-bond acceptors (Lipinski definition) is 3. The molecule has 0 radical (unpaired) electrons. The van der Waals surface area contributed by atoms with Gasteiger partial charge in [-0.1, -0.05) is 56.3 Å². The van der Waals surface area contributed by atoms with E-state index in [1.165, 1.54) is 11.1 Å². The molecule has 3 nitrogen and oxygen atoms in total. The summed E-state index contributed by atoms with van der Waals surface area (Å²) in [6.07, 6.45) is -0.520. The number of aliphatic hydroxyl groups excluding tert-OH is 1. The van der Waals surface area contributed by atoms with Crippen molar-refractivity contribution < 1.29 is 9.84 Å². The second-order valence-electron chi connectivity index (χ2n) is 5.81. The summed E-state index contributed by atoms with van der Waals surface area (Å²) in [4.78, 5) is 0. The van der Waals surface area contributed by atoms with Gasteiger partial charge in [-0.25, -0.2) is 0 Å². The summed E-state index contributed by atoms with van der Waals surface area (Å²) in [7, 11) is 0. The molecule has 22 heavy (non-hydrogen) atoms. The van der Waals surface area contributed by atoms with Gasteiger partial charge in [-0.05, 0) is 29.2 Å². The minimum absolute atomic E-state index is 0.294. The van der Waals surface area contributed by atoms with Crippen molar-refractivity contribution in [1.82, 2.24) is 5.32 Å². The van der Waals surface area contributed by atoms with Gasteiger partial charge in [0.1, 0.15) is 18.5 Å². The zero-order valence-electron chi connectivity index (χ0n) is 13.3. The Kier molecular flexibility index (Phi) is 6.44. The first-order valence-corrected chi connectivity index (χ1v) is 7.80. The fourth-order valence-electron chi connectivity index (χ4n) is 2.18. The molecule has 2 aromatic carbocycles. The number of hydrogen-bond donors (Lipinski definition) is 2. The van der Waals surface area contributed by atoms with Crippen molar-refractivity contribution in [1.29, 1.82) is 0 Å². The minimum atomic E-state index is -0.520. The fraction of sp³-hybridized carbons (Fsp3) is 0.368. The van der Waals surface area contributed by atoms with Gasteiger partial charge in [0.15, 0.2) is 0 Å². The van der Waals surface area contributed by atoms with Crippen LogP contribution in [-0.4, -0.2) is 24.4 Å². The van der Waals surface area contributed by atoms with E-state index in [1.54, 1.807) is 0 Å². The van der Waals surface area contributed by atoms with Crippen molar-refractivity contribution in [3.8, 4) is 5.75 Å². The number of aliphatic hydroxyl groups is 1. The lowest BCUT2D eigenvalue weighted by atomic mass is 10.0. The van der Waals surface area contributed by atoms with E-state index in [0.717, 1.165) is 12.3 Å². The summed E-state index contributed by atoms with van der Waals surface area (Å²) < 4.78 is 5.62. The van der Waals surface area contributed by atoms with E-state index in [1.807, 2.05) is 30.3 Å². The zero-order chi connectivity index (χ0) is 15.8. The summed E-state index contributed by atoms with van der Waals surface area (Å²) in [5, 5.41) is 13.2. The maximum Gasteiger partial charge on any atom is 0.119 e. The molecule has 2 rings (SSSR count). The van der Waals surface area contributed by atoms with E-state index >= 15 is 0 Å². The summed E-state index contributed by atoms with van der Waals surface area (Å²) in [5.41, 5.74) is 2.50. The Bertz CT molecular complexity index is 537.